The second kappa shape index (κ2) is 5.86. The smallest absolute Gasteiger partial charge is 0.269 e. The van der Waals surface area contributed by atoms with Gasteiger partial charge in [-0.05, 0) is 35.9 Å². The molecular weight excluding hydrogens is 382 g/mol. The summed E-state index contributed by atoms with van der Waals surface area (Å²) in [6.45, 7) is 0. The zero-order chi connectivity index (χ0) is 17.6. The number of rotatable bonds is 3. The van der Waals surface area contributed by atoms with Gasteiger partial charge >= 0.3 is 0 Å². The molecule has 0 aliphatic rings. The molecule has 4 aromatic rings. The monoisotopic (exact) mass is 395 g/mol. The van der Waals surface area contributed by atoms with E-state index in [-0.39, 0.29) is 5.69 Å². The lowest BCUT2D eigenvalue weighted by Gasteiger charge is -2.04. The van der Waals surface area contributed by atoms with Crippen molar-refractivity contribution in [2.45, 2.75) is 0 Å². The summed E-state index contributed by atoms with van der Waals surface area (Å²) in [6.07, 6.45) is 3.70. The highest BCUT2D eigenvalue weighted by Gasteiger charge is 2.17. The molecule has 6 nitrogen and oxygen atoms in total. The Hall–Kier alpha value is -2.93. The average molecular weight is 396 g/mol. The van der Waals surface area contributed by atoms with Crippen LogP contribution < -0.4 is 5.73 Å². The average Bonchev–Trinajstić information content (AvgIpc) is 3.18. The molecule has 0 bridgehead atoms. The molecule has 2 aromatic carbocycles. The lowest BCUT2D eigenvalue weighted by atomic mass is 10.1. The molecule has 2 aromatic heterocycles. The van der Waals surface area contributed by atoms with E-state index in [9.17, 15) is 4.79 Å². The number of amides is 1. The van der Waals surface area contributed by atoms with Crippen LogP contribution in [0.1, 0.15) is 10.5 Å². The molecule has 7 heteroatoms. The summed E-state index contributed by atoms with van der Waals surface area (Å²) in [7, 11) is 1.86. The Morgan fingerprint density at radius 2 is 2.00 bits per heavy atom. The largest absolute Gasteiger partial charge is 0.364 e. The van der Waals surface area contributed by atoms with Crippen molar-refractivity contribution in [1.29, 1.82) is 0 Å². The molecule has 0 aliphatic heterocycles. The number of halogens is 1. The normalized spacial score (nSPS) is 11.1. The number of carbonyl (C=O) groups excluding carboxylic acids is 1. The number of carbonyl (C=O) groups is 1. The fourth-order valence-corrected chi connectivity index (χ4v) is 3.24. The molecule has 4 rings (SSSR count). The van der Waals surface area contributed by atoms with Gasteiger partial charge < -0.3 is 5.73 Å². The lowest BCUT2D eigenvalue weighted by molar-refractivity contribution is 0.0996. The number of aromatic nitrogens is 4. The van der Waals surface area contributed by atoms with Crippen LogP contribution in [0.4, 0.5) is 0 Å². The third-order valence-corrected chi connectivity index (χ3v) is 4.50. The van der Waals surface area contributed by atoms with Gasteiger partial charge in [0.2, 0.25) is 0 Å². The van der Waals surface area contributed by atoms with Gasteiger partial charge in [0, 0.05) is 28.7 Å². The van der Waals surface area contributed by atoms with Crippen LogP contribution in [0, 0.1) is 0 Å². The maximum atomic E-state index is 11.9. The van der Waals surface area contributed by atoms with Crippen LogP contribution in [0.25, 0.3) is 27.7 Å². The molecule has 0 radical (unpaired) electrons. The molecule has 0 fully saturated rings. The van der Waals surface area contributed by atoms with Crippen molar-refractivity contribution in [3.05, 3.63) is 65.0 Å². The summed E-state index contributed by atoms with van der Waals surface area (Å²) in [5.41, 5.74) is 9.39. The summed E-state index contributed by atoms with van der Waals surface area (Å²) in [4.78, 5) is 11.9. The molecule has 2 N–H and O–H groups in total. The zero-order valence-electron chi connectivity index (χ0n) is 13.3. The van der Waals surface area contributed by atoms with E-state index < -0.39 is 5.91 Å². The molecule has 0 aliphatic carbocycles. The molecule has 0 unspecified atom stereocenters. The maximum absolute atomic E-state index is 11.9. The summed E-state index contributed by atoms with van der Waals surface area (Å²) < 4.78 is 4.40. The third kappa shape index (κ3) is 2.72. The Labute approximate surface area is 152 Å². The summed E-state index contributed by atoms with van der Waals surface area (Å²) in [5, 5.41) is 9.35. The van der Waals surface area contributed by atoms with E-state index in [0.717, 1.165) is 26.8 Å². The lowest BCUT2D eigenvalue weighted by Crippen LogP contribution is -2.12. The topological polar surface area (TPSA) is 78.7 Å². The Kier molecular flexibility index (Phi) is 3.65. The Morgan fingerprint density at radius 3 is 2.68 bits per heavy atom. The number of hydrogen-bond donors (Lipinski definition) is 1. The van der Waals surface area contributed by atoms with Gasteiger partial charge in [0.1, 0.15) is 0 Å². The zero-order valence-corrected chi connectivity index (χ0v) is 14.9. The van der Waals surface area contributed by atoms with E-state index >= 15 is 0 Å². The molecule has 0 saturated heterocycles. The van der Waals surface area contributed by atoms with Gasteiger partial charge in [0.25, 0.3) is 5.91 Å². The Morgan fingerprint density at radius 1 is 1.16 bits per heavy atom. The summed E-state index contributed by atoms with van der Waals surface area (Å²) in [5.74, 6) is -0.554. The summed E-state index contributed by atoms with van der Waals surface area (Å²) in [6, 6.07) is 13.6. The SMILES string of the molecule is Cn1cc(-c2ccc3c(c2)c(C(N)=O)nn3-c2cccc(Br)c2)cn1. The van der Waals surface area contributed by atoms with Gasteiger partial charge in [0.15, 0.2) is 5.69 Å². The van der Waals surface area contributed by atoms with Crippen molar-refractivity contribution in [3.8, 4) is 16.8 Å². The Bertz CT molecular complexity index is 1110. The van der Waals surface area contributed by atoms with Crippen LogP contribution in [0.15, 0.2) is 59.3 Å². The molecule has 0 saturated carbocycles. The fourth-order valence-electron chi connectivity index (χ4n) is 2.85. The first-order valence-electron chi connectivity index (χ1n) is 7.60. The molecule has 25 heavy (non-hydrogen) atoms. The van der Waals surface area contributed by atoms with Crippen molar-refractivity contribution >= 4 is 32.7 Å². The van der Waals surface area contributed by atoms with Crippen molar-refractivity contribution in [2.75, 3.05) is 0 Å². The van der Waals surface area contributed by atoms with Gasteiger partial charge in [-0.25, -0.2) is 4.68 Å². The second-order valence-corrected chi connectivity index (χ2v) is 6.65. The van der Waals surface area contributed by atoms with Crippen LogP contribution in [0.3, 0.4) is 0 Å². The van der Waals surface area contributed by atoms with Crippen LogP contribution >= 0.6 is 15.9 Å². The number of nitrogens with zero attached hydrogens (tertiary/aromatic N) is 4. The number of aryl methyl sites for hydroxylation is 1. The van der Waals surface area contributed by atoms with E-state index in [1.165, 1.54) is 0 Å². The Balaban J connectivity index is 1.96. The highest BCUT2D eigenvalue weighted by Crippen LogP contribution is 2.28. The predicted octanol–water partition coefficient (Wildman–Crippen LogP) is 3.29. The predicted molar refractivity (Wildman–Crippen MR) is 99.5 cm³/mol. The van der Waals surface area contributed by atoms with E-state index in [1.807, 2.05) is 55.7 Å². The van der Waals surface area contributed by atoms with Crippen molar-refractivity contribution in [3.63, 3.8) is 0 Å². The highest BCUT2D eigenvalue weighted by atomic mass is 79.9. The first kappa shape index (κ1) is 15.6. The number of nitrogens with two attached hydrogens (primary N) is 1. The minimum absolute atomic E-state index is 0.251. The highest BCUT2D eigenvalue weighted by molar-refractivity contribution is 9.10. The quantitative estimate of drug-likeness (QED) is 0.577. The van der Waals surface area contributed by atoms with E-state index in [0.29, 0.717) is 5.39 Å². The minimum atomic E-state index is -0.554. The van der Waals surface area contributed by atoms with Crippen LogP contribution in [0.2, 0.25) is 0 Å². The van der Waals surface area contributed by atoms with Gasteiger partial charge in [0.05, 0.1) is 17.4 Å². The first-order chi connectivity index (χ1) is 12.0. The minimum Gasteiger partial charge on any atom is -0.364 e. The molecule has 0 atom stereocenters. The van der Waals surface area contributed by atoms with Crippen LogP contribution in [0.5, 0.6) is 0 Å². The number of hydrogen-bond acceptors (Lipinski definition) is 3. The van der Waals surface area contributed by atoms with Gasteiger partial charge in [-0.1, -0.05) is 28.1 Å². The standard InChI is InChI=1S/C18H14BrN5O/c1-23-10-12(9-21-23)11-5-6-16-15(7-11)17(18(20)25)22-24(16)14-4-2-3-13(19)8-14/h2-10H,1H3,(H2,20,25). The molecule has 0 spiro atoms. The first-order valence-corrected chi connectivity index (χ1v) is 8.40. The second-order valence-electron chi connectivity index (χ2n) is 5.74. The molecule has 124 valence electrons. The van der Waals surface area contributed by atoms with Crippen LogP contribution in [-0.2, 0) is 7.05 Å². The van der Waals surface area contributed by atoms with E-state index in [2.05, 4.69) is 26.1 Å². The summed E-state index contributed by atoms with van der Waals surface area (Å²) >= 11 is 3.46. The number of primary amides is 1. The van der Waals surface area contributed by atoms with Crippen molar-refractivity contribution in [2.24, 2.45) is 12.8 Å². The molecular formula is C18H14BrN5O. The van der Waals surface area contributed by atoms with Crippen molar-refractivity contribution in [1.82, 2.24) is 19.6 Å². The molecule has 1 amide bonds. The fraction of sp³-hybridized carbons (Fsp3) is 0.0556. The number of fused-ring (bicyclic) bond motifs is 1. The van der Waals surface area contributed by atoms with E-state index in [1.54, 1.807) is 15.6 Å². The van der Waals surface area contributed by atoms with Crippen LogP contribution in [-0.4, -0.2) is 25.5 Å². The van der Waals surface area contributed by atoms with Gasteiger partial charge in [-0.3, -0.25) is 9.48 Å². The maximum Gasteiger partial charge on any atom is 0.269 e. The number of benzene rings is 2. The molecule has 2 heterocycles. The van der Waals surface area contributed by atoms with Crippen molar-refractivity contribution < 1.29 is 4.79 Å². The third-order valence-electron chi connectivity index (χ3n) is 4.00. The van der Waals surface area contributed by atoms with E-state index in [4.69, 9.17) is 5.73 Å². The van der Waals surface area contributed by atoms with Gasteiger partial charge in [-0.2, -0.15) is 10.2 Å². The van der Waals surface area contributed by atoms with Gasteiger partial charge in [-0.15, -0.1) is 0 Å².